The highest BCUT2D eigenvalue weighted by atomic mass is 79.9. The van der Waals surface area contributed by atoms with Gasteiger partial charge < -0.3 is 5.32 Å². The lowest BCUT2D eigenvalue weighted by atomic mass is 10.4. The number of nitrogens with one attached hydrogen (secondary N) is 2. The van der Waals surface area contributed by atoms with Crippen LogP contribution in [0.5, 0.6) is 0 Å². The minimum Gasteiger partial charge on any atom is -0.316 e. The van der Waals surface area contributed by atoms with Crippen LogP contribution in [0.15, 0.2) is 27.6 Å². The van der Waals surface area contributed by atoms with Crippen LogP contribution in [0.2, 0.25) is 5.02 Å². The van der Waals surface area contributed by atoms with Crippen molar-refractivity contribution in [3.63, 3.8) is 0 Å². The van der Waals surface area contributed by atoms with Gasteiger partial charge in [0.1, 0.15) is 0 Å². The van der Waals surface area contributed by atoms with E-state index in [-0.39, 0.29) is 4.90 Å². The molecule has 0 amide bonds. The van der Waals surface area contributed by atoms with Gasteiger partial charge in [-0.05, 0) is 34.6 Å². The van der Waals surface area contributed by atoms with Crippen molar-refractivity contribution in [3.8, 4) is 0 Å². The lowest BCUT2D eigenvalue weighted by Gasteiger charge is -2.09. The van der Waals surface area contributed by atoms with E-state index in [1.165, 1.54) is 6.07 Å². The van der Waals surface area contributed by atoms with Crippen LogP contribution in [-0.2, 0) is 10.0 Å². The van der Waals surface area contributed by atoms with Crippen LogP contribution >= 0.6 is 27.5 Å². The second-order valence-corrected chi connectivity index (χ2v) is 6.24. The third-order valence-corrected chi connectivity index (χ3v) is 5.21. The monoisotopic (exact) mass is 340 g/mol. The molecule has 0 bridgehead atoms. The van der Waals surface area contributed by atoms with E-state index in [9.17, 15) is 8.42 Å². The Hall–Kier alpha value is -0.140. The molecule has 0 spiro atoms. The molecule has 0 heterocycles. The van der Waals surface area contributed by atoms with Gasteiger partial charge in [0.05, 0.1) is 14.4 Å². The molecule has 7 heteroatoms. The van der Waals surface area contributed by atoms with Gasteiger partial charge in [-0.1, -0.05) is 24.6 Å². The molecule has 0 unspecified atom stereocenters. The number of halogens is 2. The first kappa shape index (κ1) is 14.9. The third kappa shape index (κ3) is 4.22. The second-order valence-electron chi connectivity index (χ2n) is 3.30. The molecule has 0 aliphatic heterocycles. The van der Waals surface area contributed by atoms with Crippen LogP contribution in [0.3, 0.4) is 0 Å². The molecular weight excluding hydrogens is 328 g/mol. The molecule has 1 rings (SSSR count). The fraction of sp³-hybridized carbons (Fsp3) is 0.400. The Balaban J connectivity index is 2.79. The lowest BCUT2D eigenvalue weighted by molar-refractivity contribution is 0.577. The fourth-order valence-electron chi connectivity index (χ4n) is 1.22. The summed E-state index contributed by atoms with van der Waals surface area (Å²) in [5, 5.41) is 3.41. The predicted octanol–water partition coefficient (Wildman–Crippen LogP) is 1.99. The minimum atomic E-state index is -3.52. The summed E-state index contributed by atoms with van der Waals surface area (Å²) < 4.78 is 26.8. The Kier molecular flexibility index (Phi) is 5.88. The first-order valence-electron chi connectivity index (χ1n) is 5.13. The molecule has 0 radical (unpaired) electrons. The largest absolute Gasteiger partial charge is 0.316 e. The standard InChI is InChI=1S/C10H14BrClN2O2S/c1-2-13-6-7-14-17(15,16)9-5-3-4-8(12)10(9)11/h3-5,13-14H,2,6-7H2,1H3. The maximum atomic E-state index is 11.9. The molecule has 1 aromatic carbocycles. The number of rotatable bonds is 6. The van der Waals surface area contributed by atoms with Gasteiger partial charge in [0, 0.05) is 13.1 Å². The lowest BCUT2D eigenvalue weighted by Crippen LogP contribution is -2.31. The van der Waals surface area contributed by atoms with Crippen molar-refractivity contribution < 1.29 is 8.42 Å². The van der Waals surface area contributed by atoms with Crippen molar-refractivity contribution in [2.45, 2.75) is 11.8 Å². The smallest absolute Gasteiger partial charge is 0.241 e. The Morgan fingerprint density at radius 2 is 2.06 bits per heavy atom. The molecule has 96 valence electrons. The molecule has 0 aliphatic carbocycles. The molecule has 0 fully saturated rings. The molecule has 0 atom stereocenters. The average Bonchev–Trinajstić information content (AvgIpc) is 2.28. The van der Waals surface area contributed by atoms with Gasteiger partial charge in [-0.25, -0.2) is 13.1 Å². The predicted molar refractivity (Wildman–Crippen MR) is 72.9 cm³/mol. The highest BCUT2D eigenvalue weighted by Gasteiger charge is 2.18. The van der Waals surface area contributed by atoms with E-state index in [0.717, 1.165) is 6.54 Å². The summed E-state index contributed by atoms with van der Waals surface area (Å²) in [6, 6.07) is 4.74. The Morgan fingerprint density at radius 3 is 2.71 bits per heavy atom. The Labute approximate surface area is 115 Å². The van der Waals surface area contributed by atoms with Crippen molar-refractivity contribution >= 4 is 37.6 Å². The fourth-order valence-corrected chi connectivity index (χ4v) is 3.48. The van der Waals surface area contributed by atoms with E-state index < -0.39 is 10.0 Å². The van der Waals surface area contributed by atoms with E-state index in [1.54, 1.807) is 12.1 Å². The van der Waals surface area contributed by atoms with Crippen LogP contribution < -0.4 is 10.0 Å². The number of benzene rings is 1. The van der Waals surface area contributed by atoms with Crippen LogP contribution in [0.25, 0.3) is 0 Å². The summed E-state index contributed by atoms with van der Waals surface area (Å²) in [6.07, 6.45) is 0. The zero-order valence-corrected chi connectivity index (χ0v) is 12.5. The first-order valence-corrected chi connectivity index (χ1v) is 7.79. The van der Waals surface area contributed by atoms with Gasteiger partial charge in [0.2, 0.25) is 10.0 Å². The highest BCUT2D eigenvalue weighted by Crippen LogP contribution is 2.29. The van der Waals surface area contributed by atoms with E-state index in [4.69, 9.17) is 11.6 Å². The van der Waals surface area contributed by atoms with E-state index in [2.05, 4.69) is 26.0 Å². The molecule has 0 aromatic heterocycles. The number of likely N-dealkylation sites (N-methyl/N-ethyl adjacent to an activating group) is 1. The SMILES string of the molecule is CCNCCNS(=O)(=O)c1cccc(Cl)c1Br. The van der Waals surface area contributed by atoms with E-state index >= 15 is 0 Å². The zero-order valence-electron chi connectivity index (χ0n) is 9.33. The van der Waals surface area contributed by atoms with E-state index in [1.807, 2.05) is 6.92 Å². The Morgan fingerprint density at radius 1 is 1.35 bits per heavy atom. The normalized spacial score (nSPS) is 11.7. The van der Waals surface area contributed by atoms with Crippen LogP contribution in [-0.4, -0.2) is 28.1 Å². The van der Waals surface area contributed by atoms with Crippen molar-refractivity contribution in [2.75, 3.05) is 19.6 Å². The summed E-state index contributed by atoms with van der Waals surface area (Å²) in [5.41, 5.74) is 0. The van der Waals surface area contributed by atoms with Gasteiger partial charge in [0.25, 0.3) is 0 Å². The maximum absolute atomic E-state index is 11.9. The minimum absolute atomic E-state index is 0.154. The van der Waals surface area contributed by atoms with Gasteiger partial charge in [-0.3, -0.25) is 0 Å². The average molecular weight is 342 g/mol. The van der Waals surface area contributed by atoms with Crippen LogP contribution in [0.1, 0.15) is 6.92 Å². The van der Waals surface area contributed by atoms with E-state index in [0.29, 0.717) is 22.6 Å². The number of hydrogen-bond donors (Lipinski definition) is 2. The van der Waals surface area contributed by atoms with Crippen molar-refractivity contribution in [3.05, 3.63) is 27.7 Å². The molecule has 1 aromatic rings. The van der Waals surface area contributed by atoms with Gasteiger partial charge in [0.15, 0.2) is 0 Å². The summed E-state index contributed by atoms with van der Waals surface area (Å²) in [6.45, 7) is 3.70. The summed E-state index contributed by atoms with van der Waals surface area (Å²) in [5.74, 6) is 0. The van der Waals surface area contributed by atoms with Gasteiger partial charge >= 0.3 is 0 Å². The van der Waals surface area contributed by atoms with Crippen molar-refractivity contribution in [2.24, 2.45) is 0 Å². The Bertz CT molecular complexity index is 479. The van der Waals surface area contributed by atoms with Crippen molar-refractivity contribution in [1.29, 1.82) is 0 Å². The quantitative estimate of drug-likeness (QED) is 0.778. The van der Waals surface area contributed by atoms with Crippen LogP contribution in [0, 0.1) is 0 Å². The third-order valence-electron chi connectivity index (χ3n) is 2.05. The number of sulfonamides is 1. The topological polar surface area (TPSA) is 58.2 Å². The molecule has 0 saturated heterocycles. The summed E-state index contributed by atoms with van der Waals surface area (Å²) in [7, 11) is -3.52. The van der Waals surface area contributed by atoms with Crippen molar-refractivity contribution in [1.82, 2.24) is 10.0 Å². The molecular formula is C10H14BrClN2O2S. The molecule has 0 aliphatic rings. The van der Waals surface area contributed by atoms with Gasteiger partial charge in [-0.15, -0.1) is 0 Å². The highest BCUT2D eigenvalue weighted by molar-refractivity contribution is 9.10. The molecule has 2 N–H and O–H groups in total. The number of hydrogen-bond acceptors (Lipinski definition) is 3. The first-order chi connectivity index (χ1) is 7.99. The molecule has 4 nitrogen and oxygen atoms in total. The summed E-state index contributed by atoms with van der Waals surface area (Å²) >= 11 is 9.02. The summed E-state index contributed by atoms with van der Waals surface area (Å²) in [4.78, 5) is 0.154. The van der Waals surface area contributed by atoms with Crippen LogP contribution in [0.4, 0.5) is 0 Å². The molecule has 17 heavy (non-hydrogen) atoms. The maximum Gasteiger partial charge on any atom is 0.241 e. The molecule has 0 saturated carbocycles. The van der Waals surface area contributed by atoms with Gasteiger partial charge in [-0.2, -0.15) is 0 Å². The zero-order chi connectivity index (χ0) is 12.9. The second kappa shape index (κ2) is 6.70.